The van der Waals surface area contributed by atoms with Gasteiger partial charge in [0.2, 0.25) is 0 Å². The largest absolute Gasteiger partial charge is 0.504 e. The Bertz CT molecular complexity index is 547. The Labute approximate surface area is 91.0 Å². The molecule has 82 valence electrons. The van der Waals surface area contributed by atoms with Gasteiger partial charge in [-0.15, -0.1) is 0 Å². The Morgan fingerprint density at radius 3 is 2.75 bits per heavy atom. The number of amidine groups is 1. The van der Waals surface area contributed by atoms with Crippen molar-refractivity contribution < 1.29 is 14.6 Å². The van der Waals surface area contributed by atoms with Crippen LogP contribution in [0.4, 0.5) is 0 Å². The molecule has 1 aromatic carbocycles. The third kappa shape index (κ3) is 1.29. The predicted molar refractivity (Wildman–Crippen MR) is 59.0 cm³/mol. The first-order chi connectivity index (χ1) is 7.74. The molecule has 2 heterocycles. The van der Waals surface area contributed by atoms with Crippen molar-refractivity contribution in [2.24, 2.45) is 4.99 Å². The number of hydrogen-bond donors (Lipinski definition) is 3. The van der Waals surface area contributed by atoms with Gasteiger partial charge in [-0.2, -0.15) is 0 Å². The number of benzene rings is 1. The molecule has 0 unspecified atom stereocenters. The van der Waals surface area contributed by atoms with Crippen LogP contribution in [0, 0.1) is 0 Å². The highest BCUT2D eigenvalue weighted by molar-refractivity contribution is 6.00. The Balaban J connectivity index is 2.15. The van der Waals surface area contributed by atoms with Gasteiger partial charge in [-0.25, -0.2) is 0 Å². The Kier molecular flexibility index (Phi) is 1.80. The molecule has 5 nitrogen and oxygen atoms in total. The van der Waals surface area contributed by atoms with Crippen LogP contribution in [-0.2, 0) is 0 Å². The molecule has 1 aliphatic rings. The molecule has 1 aromatic heterocycles. The summed E-state index contributed by atoms with van der Waals surface area (Å²) in [6.07, 6.45) is 0. The molecule has 0 aliphatic carbocycles. The third-order valence-corrected chi connectivity index (χ3v) is 2.52. The lowest BCUT2D eigenvalue weighted by molar-refractivity contribution is 0.404. The van der Waals surface area contributed by atoms with Crippen LogP contribution in [0.1, 0.15) is 5.76 Å². The number of nitrogens with zero attached hydrogens (tertiary/aromatic N) is 1. The molecule has 0 atom stereocenters. The fraction of sp³-hybridized carbons (Fsp3) is 0.182. The average Bonchev–Trinajstić information content (AvgIpc) is 2.86. The molecule has 0 amide bonds. The molecule has 0 bridgehead atoms. The van der Waals surface area contributed by atoms with Crippen molar-refractivity contribution in [3.63, 3.8) is 0 Å². The lowest BCUT2D eigenvalue weighted by Gasteiger charge is -1.95. The summed E-state index contributed by atoms with van der Waals surface area (Å²) in [5, 5.41) is 22.5. The van der Waals surface area contributed by atoms with Crippen molar-refractivity contribution in [3.8, 4) is 11.5 Å². The van der Waals surface area contributed by atoms with Crippen molar-refractivity contribution in [3.05, 3.63) is 24.0 Å². The van der Waals surface area contributed by atoms with Gasteiger partial charge in [-0.1, -0.05) is 0 Å². The zero-order valence-corrected chi connectivity index (χ0v) is 8.40. The average molecular weight is 218 g/mol. The van der Waals surface area contributed by atoms with E-state index in [0.717, 1.165) is 24.3 Å². The van der Waals surface area contributed by atoms with Crippen LogP contribution in [0.15, 0.2) is 27.6 Å². The summed E-state index contributed by atoms with van der Waals surface area (Å²) >= 11 is 0. The van der Waals surface area contributed by atoms with Crippen molar-refractivity contribution in [2.75, 3.05) is 13.1 Å². The summed E-state index contributed by atoms with van der Waals surface area (Å²) in [6.45, 7) is 1.55. The summed E-state index contributed by atoms with van der Waals surface area (Å²) < 4.78 is 5.52. The number of nitrogens with one attached hydrogen (secondary N) is 1. The molecule has 0 saturated carbocycles. The van der Waals surface area contributed by atoms with E-state index in [1.54, 1.807) is 6.07 Å². The Morgan fingerprint density at radius 1 is 1.19 bits per heavy atom. The lowest BCUT2D eigenvalue weighted by atomic mass is 10.2. The summed E-state index contributed by atoms with van der Waals surface area (Å²) in [5.74, 6) is 1.00. The van der Waals surface area contributed by atoms with E-state index in [1.165, 1.54) is 12.1 Å². The minimum atomic E-state index is -0.185. The lowest BCUT2D eigenvalue weighted by Crippen LogP contribution is -2.18. The van der Waals surface area contributed by atoms with Crippen LogP contribution >= 0.6 is 0 Å². The summed E-state index contributed by atoms with van der Waals surface area (Å²) in [7, 11) is 0. The van der Waals surface area contributed by atoms with Gasteiger partial charge in [-0.3, -0.25) is 4.99 Å². The monoisotopic (exact) mass is 218 g/mol. The molecular weight excluding hydrogens is 208 g/mol. The number of furan rings is 1. The van der Waals surface area contributed by atoms with Gasteiger partial charge in [0.1, 0.15) is 5.58 Å². The summed E-state index contributed by atoms with van der Waals surface area (Å²) in [5.41, 5.74) is 0.529. The van der Waals surface area contributed by atoms with E-state index in [-0.39, 0.29) is 11.5 Å². The highest BCUT2D eigenvalue weighted by Gasteiger charge is 2.14. The van der Waals surface area contributed by atoms with Crippen LogP contribution in [0.3, 0.4) is 0 Å². The van der Waals surface area contributed by atoms with Crippen molar-refractivity contribution in [2.45, 2.75) is 0 Å². The second-order valence-corrected chi connectivity index (χ2v) is 3.65. The number of fused-ring (bicyclic) bond motifs is 1. The molecule has 3 N–H and O–H groups in total. The number of phenolic OH excluding ortho intramolecular Hbond substituents is 2. The molecule has 0 spiro atoms. The van der Waals surface area contributed by atoms with Gasteiger partial charge >= 0.3 is 0 Å². The fourth-order valence-electron chi connectivity index (χ4n) is 1.74. The van der Waals surface area contributed by atoms with E-state index in [0.29, 0.717) is 11.3 Å². The molecule has 2 aromatic rings. The van der Waals surface area contributed by atoms with E-state index in [4.69, 9.17) is 4.42 Å². The smallest absolute Gasteiger partial charge is 0.170 e. The van der Waals surface area contributed by atoms with E-state index in [9.17, 15) is 10.2 Å². The van der Waals surface area contributed by atoms with Crippen LogP contribution in [0.2, 0.25) is 0 Å². The van der Waals surface area contributed by atoms with E-state index in [1.807, 2.05) is 0 Å². The highest BCUT2D eigenvalue weighted by atomic mass is 16.3. The first-order valence-corrected chi connectivity index (χ1v) is 4.98. The zero-order chi connectivity index (χ0) is 11.1. The molecule has 5 heteroatoms. The maximum Gasteiger partial charge on any atom is 0.170 e. The minimum Gasteiger partial charge on any atom is -0.504 e. The second kappa shape index (κ2) is 3.16. The van der Waals surface area contributed by atoms with Crippen LogP contribution in [0.5, 0.6) is 11.5 Å². The quantitative estimate of drug-likeness (QED) is 0.628. The summed E-state index contributed by atoms with van der Waals surface area (Å²) in [6, 6.07) is 4.64. The summed E-state index contributed by atoms with van der Waals surface area (Å²) in [4.78, 5) is 4.23. The maximum atomic E-state index is 9.35. The number of aromatic hydroxyl groups is 2. The second-order valence-electron chi connectivity index (χ2n) is 3.65. The fourth-order valence-corrected chi connectivity index (χ4v) is 1.74. The van der Waals surface area contributed by atoms with Gasteiger partial charge in [0.15, 0.2) is 23.1 Å². The predicted octanol–water partition coefficient (Wildman–Crippen LogP) is 1.19. The normalized spacial score (nSPS) is 15.1. The van der Waals surface area contributed by atoms with Crippen molar-refractivity contribution >= 4 is 16.8 Å². The zero-order valence-electron chi connectivity index (χ0n) is 8.40. The molecule has 0 fully saturated rings. The molecule has 16 heavy (non-hydrogen) atoms. The molecule has 0 saturated heterocycles. The molecular formula is C11H10N2O3. The number of rotatable bonds is 1. The van der Waals surface area contributed by atoms with Gasteiger partial charge < -0.3 is 19.9 Å². The Morgan fingerprint density at radius 2 is 2.00 bits per heavy atom. The first kappa shape index (κ1) is 9.08. The van der Waals surface area contributed by atoms with Gasteiger partial charge in [0.25, 0.3) is 0 Å². The van der Waals surface area contributed by atoms with Crippen LogP contribution in [0.25, 0.3) is 11.0 Å². The van der Waals surface area contributed by atoms with E-state index in [2.05, 4.69) is 10.3 Å². The number of phenols is 2. The highest BCUT2D eigenvalue weighted by Crippen LogP contribution is 2.32. The topological polar surface area (TPSA) is 78.0 Å². The van der Waals surface area contributed by atoms with Crippen molar-refractivity contribution in [1.29, 1.82) is 0 Å². The van der Waals surface area contributed by atoms with Crippen LogP contribution in [-0.4, -0.2) is 29.1 Å². The van der Waals surface area contributed by atoms with Gasteiger partial charge in [-0.05, 0) is 12.1 Å². The minimum absolute atomic E-state index is 0.152. The van der Waals surface area contributed by atoms with Crippen molar-refractivity contribution in [1.82, 2.24) is 5.32 Å². The first-order valence-electron chi connectivity index (χ1n) is 4.98. The SMILES string of the molecule is Oc1cc2cc(C3=NCCN3)oc2cc1O. The molecule has 3 rings (SSSR count). The van der Waals surface area contributed by atoms with Gasteiger partial charge in [0.05, 0.1) is 6.54 Å². The Hall–Kier alpha value is -2.17. The maximum absolute atomic E-state index is 9.35. The van der Waals surface area contributed by atoms with E-state index >= 15 is 0 Å². The van der Waals surface area contributed by atoms with Crippen LogP contribution < -0.4 is 5.32 Å². The molecule has 0 radical (unpaired) electrons. The number of hydrogen-bond acceptors (Lipinski definition) is 5. The number of aliphatic imine (C=N–C) groups is 1. The molecule has 1 aliphatic heterocycles. The standard InChI is InChI=1S/C11H10N2O3/c14-7-3-6-4-10(11-12-1-2-13-11)16-9(6)5-8(7)15/h3-5,14-15H,1-2H2,(H,12,13). The van der Waals surface area contributed by atoms with E-state index < -0.39 is 0 Å². The third-order valence-electron chi connectivity index (χ3n) is 2.52. The van der Waals surface area contributed by atoms with Gasteiger partial charge in [0, 0.05) is 18.0 Å².